The summed E-state index contributed by atoms with van der Waals surface area (Å²) in [5.41, 5.74) is 4.93. The maximum Gasteiger partial charge on any atom is 0.306 e. The van der Waals surface area contributed by atoms with Crippen LogP contribution in [0.4, 0.5) is 0 Å². The Hall–Kier alpha value is -1.06. The Morgan fingerprint density at radius 3 is 1.21 bits per heavy atom. The molecule has 0 aromatic heterocycles. The molecule has 0 radical (unpaired) electrons. The zero-order chi connectivity index (χ0) is 20.7. The zero-order valence-corrected chi connectivity index (χ0v) is 18.7. The lowest BCUT2D eigenvalue weighted by molar-refractivity contribution is -0.147. The van der Waals surface area contributed by atoms with Crippen LogP contribution >= 0.6 is 0 Å². The Morgan fingerprint density at radius 1 is 0.571 bits per heavy atom. The van der Waals surface area contributed by atoms with Crippen LogP contribution < -0.4 is 5.73 Å². The van der Waals surface area contributed by atoms with Gasteiger partial charge in [-0.2, -0.15) is 0 Å². The summed E-state index contributed by atoms with van der Waals surface area (Å²) in [5, 5.41) is 0. The lowest BCUT2D eigenvalue weighted by Gasteiger charge is -2.04. The second kappa shape index (κ2) is 22.2. The van der Waals surface area contributed by atoms with Gasteiger partial charge < -0.3 is 10.5 Å². The first kappa shape index (κ1) is 26.9. The number of hydrogen-bond donors (Lipinski definition) is 1. The van der Waals surface area contributed by atoms with E-state index in [2.05, 4.69) is 6.92 Å². The first-order valence-corrected chi connectivity index (χ1v) is 12.1. The average Bonchev–Trinajstić information content (AvgIpc) is 2.68. The first-order chi connectivity index (χ1) is 13.7. The number of rotatable bonds is 22. The summed E-state index contributed by atoms with van der Waals surface area (Å²) in [6.45, 7) is 1.98. The van der Waals surface area contributed by atoms with Crippen molar-refractivity contribution in [2.24, 2.45) is 5.73 Å². The van der Waals surface area contributed by atoms with Gasteiger partial charge in [-0.1, -0.05) is 122 Å². The fourth-order valence-electron chi connectivity index (χ4n) is 3.57. The molecule has 0 bridgehead atoms. The van der Waals surface area contributed by atoms with Crippen LogP contribution in [0.3, 0.4) is 0 Å². The second-order valence-corrected chi connectivity index (χ2v) is 8.24. The van der Waals surface area contributed by atoms with Gasteiger partial charge in [-0.25, -0.2) is 0 Å². The quantitative estimate of drug-likeness (QED) is 0.161. The van der Waals surface area contributed by atoms with E-state index in [0.717, 1.165) is 12.8 Å². The van der Waals surface area contributed by atoms with Crippen molar-refractivity contribution in [1.82, 2.24) is 0 Å². The van der Waals surface area contributed by atoms with E-state index in [9.17, 15) is 9.59 Å². The first-order valence-electron chi connectivity index (χ1n) is 12.1. The summed E-state index contributed by atoms with van der Waals surface area (Å²) in [7, 11) is 0. The van der Waals surface area contributed by atoms with Gasteiger partial charge in [0.1, 0.15) is 0 Å². The normalized spacial score (nSPS) is 10.9. The Balaban J connectivity index is 3.08. The molecule has 0 aromatic rings. The number of carbonyl (C=O) groups excluding carboxylic acids is 2. The number of carbonyl (C=O) groups is 2. The molecule has 0 saturated carbocycles. The Bertz CT molecular complexity index is 358. The standard InChI is InChI=1S/C24H47NO3/c1-2-3-4-5-6-7-8-9-10-11-12-13-14-15-16-17-18-19-20-21-24(27)28-22-23(25)26/h2-22H2,1H3,(H2,25,26). The number of nitrogens with two attached hydrogens (primary N) is 1. The molecule has 0 atom stereocenters. The number of esters is 1. The van der Waals surface area contributed by atoms with Crippen molar-refractivity contribution in [2.45, 2.75) is 135 Å². The molecule has 0 rings (SSSR count). The highest BCUT2D eigenvalue weighted by molar-refractivity contribution is 5.78. The van der Waals surface area contributed by atoms with Gasteiger partial charge in [0.25, 0.3) is 5.91 Å². The SMILES string of the molecule is CCCCCCCCCCCCCCCCCCCCCC(=O)OCC(N)=O. The van der Waals surface area contributed by atoms with Gasteiger partial charge in [-0.15, -0.1) is 0 Å². The molecule has 0 aliphatic rings. The molecule has 1 amide bonds. The smallest absolute Gasteiger partial charge is 0.306 e. The third-order valence-corrected chi connectivity index (χ3v) is 5.36. The number of hydrogen-bond acceptors (Lipinski definition) is 3. The average molecular weight is 398 g/mol. The van der Waals surface area contributed by atoms with Crippen molar-refractivity contribution < 1.29 is 14.3 Å². The molecular weight excluding hydrogens is 350 g/mol. The summed E-state index contributed by atoms with van der Waals surface area (Å²) in [6.07, 6.45) is 25.8. The molecule has 0 unspecified atom stereocenters. The predicted octanol–water partition coefficient (Wildman–Crippen LogP) is 6.84. The fraction of sp³-hybridized carbons (Fsp3) is 0.917. The summed E-state index contributed by atoms with van der Waals surface area (Å²) < 4.78 is 4.73. The maximum absolute atomic E-state index is 11.3. The molecule has 0 saturated heterocycles. The monoisotopic (exact) mass is 397 g/mol. The highest BCUT2D eigenvalue weighted by Gasteiger charge is 2.04. The summed E-state index contributed by atoms with van der Waals surface area (Å²) >= 11 is 0. The number of ether oxygens (including phenoxy) is 1. The van der Waals surface area contributed by atoms with E-state index < -0.39 is 5.91 Å². The van der Waals surface area contributed by atoms with Crippen molar-refractivity contribution in [3.63, 3.8) is 0 Å². The van der Waals surface area contributed by atoms with Crippen molar-refractivity contribution in [3.05, 3.63) is 0 Å². The van der Waals surface area contributed by atoms with Crippen LogP contribution in [0.25, 0.3) is 0 Å². The van der Waals surface area contributed by atoms with Gasteiger partial charge >= 0.3 is 5.97 Å². The molecule has 4 heteroatoms. The maximum atomic E-state index is 11.3. The van der Waals surface area contributed by atoms with Crippen LogP contribution in [0.1, 0.15) is 135 Å². The lowest BCUT2D eigenvalue weighted by atomic mass is 10.0. The van der Waals surface area contributed by atoms with Crippen molar-refractivity contribution >= 4 is 11.9 Å². The Kier molecular flexibility index (Phi) is 21.4. The van der Waals surface area contributed by atoms with Crippen LogP contribution in [0.15, 0.2) is 0 Å². The molecule has 0 aromatic carbocycles. The fourth-order valence-corrected chi connectivity index (χ4v) is 3.57. The van der Waals surface area contributed by atoms with Crippen LogP contribution in [0.5, 0.6) is 0 Å². The molecule has 4 nitrogen and oxygen atoms in total. The molecular formula is C24H47NO3. The van der Waals surface area contributed by atoms with E-state index in [1.807, 2.05) is 0 Å². The Labute approximate surface area is 174 Å². The highest BCUT2D eigenvalue weighted by Crippen LogP contribution is 2.14. The van der Waals surface area contributed by atoms with E-state index in [0.29, 0.717) is 6.42 Å². The second-order valence-electron chi connectivity index (χ2n) is 8.24. The lowest BCUT2D eigenvalue weighted by Crippen LogP contribution is -2.20. The molecule has 0 heterocycles. The molecule has 0 aliphatic carbocycles. The summed E-state index contributed by atoms with van der Waals surface area (Å²) in [6, 6.07) is 0. The minimum atomic E-state index is -0.596. The molecule has 0 fully saturated rings. The van der Waals surface area contributed by atoms with Crippen LogP contribution in [-0.2, 0) is 14.3 Å². The van der Waals surface area contributed by atoms with Crippen molar-refractivity contribution in [1.29, 1.82) is 0 Å². The molecule has 2 N–H and O–H groups in total. The van der Waals surface area contributed by atoms with Gasteiger partial charge in [0.05, 0.1) is 0 Å². The van der Waals surface area contributed by atoms with Crippen LogP contribution in [0, 0.1) is 0 Å². The number of unbranched alkanes of at least 4 members (excludes halogenated alkanes) is 18. The third-order valence-electron chi connectivity index (χ3n) is 5.36. The largest absolute Gasteiger partial charge is 0.456 e. The minimum absolute atomic E-state index is 0.294. The van der Waals surface area contributed by atoms with Gasteiger partial charge in [-0.3, -0.25) is 9.59 Å². The van der Waals surface area contributed by atoms with Crippen LogP contribution in [-0.4, -0.2) is 18.5 Å². The predicted molar refractivity (Wildman–Crippen MR) is 118 cm³/mol. The van der Waals surface area contributed by atoms with E-state index in [1.54, 1.807) is 0 Å². The van der Waals surface area contributed by atoms with E-state index in [-0.39, 0.29) is 12.6 Å². The van der Waals surface area contributed by atoms with Gasteiger partial charge in [0.2, 0.25) is 0 Å². The number of primary amides is 1. The minimum Gasteiger partial charge on any atom is -0.456 e. The molecule has 0 spiro atoms. The summed E-state index contributed by atoms with van der Waals surface area (Å²) in [5.74, 6) is -0.910. The van der Waals surface area contributed by atoms with E-state index in [4.69, 9.17) is 10.5 Å². The molecule has 28 heavy (non-hydrogen) atoms. The van der Waals surface area contributed by atoms with E-state index in [1.165, 1.54) is 109 Å². The van der Waals surface area contributed by atoms with E-state index >= 15 is 0 Å². The topological polar surface area (TPSA) is 69.4 Å². The van der Waals surface area contributed by atoms with Crippen molar-refractivity contribution in [2.75, 3.05) is 6.61 Å². The Morgan fingerprint density at radius 2 is 0.893 bits per heavy atom. The summed E-state index contributed by atoms with van der Waals surface area (Å²) in [4.78, 5) is 21.8. The zero-order valence-electron chi connectivity index (χ0n) is 18.7. The van der Waals surface area contributed by atoms with Gasteiger partial charge in [0, 0.05) is 6.42 Å². The highest BCUT2D eigenvalue weighted by atomic mass is 16.5. The van der Waals surface area contributed by atoms with Gasteiger partial charge in [0.15, 0.2) is 6.61 Å². The number of amides is 1. The third kappa shape index (κ3) is 23.0. The molecule has 166 valence electrons. The molecule has 0 aliphatic heterocycles. The van der Waals surface area contributed by atoms with Crippen molar-refractivity contribution in [3.8, 4) is 0 Å². The van der Waals surface area contributed by atoms with Crippen LogP contribution in [0.2, 0.25) is 0 Å². The van der Waals surface area contributed by atoms with Gasteiger partial charge in [-0.05, 0) is 6.42 Å².